The molecule has 2 heterocycles. The number of piperazine rings is 1. The zero-order chi connectivity index (χ0) is 16.3. The molecule has 0 radical (unpaired) electrons. The molecule has 0 saturated carbocycles. The van der Waals surface area contributed by atoms with Crippen LogP contribution in [-0.2, 0) is 14.9 Å². The molecule has 2 fully saturated rings. The van der Waals surface area contributed by atoms with E-state index in [1.165, 1.54) is 4.31 Å². The number of rotatable bonds is 4. The number of para-hydroxylation sites is 1. The van der Waals surface area contributed by atoms with E-state index in [4.69, 9.17) is 9.47 Å². The zero-order valence-electron chi connectivity index (χ0n) is 13.3. The molecule has 1 aromatic carbocycles. The van der Waals surface area contributed by atoms with Gasteiger partial charge in [0, 0.05) is 38.3 Å². The number of nitrogens with zero attached hydrogens (tertiary/aromatic N) is 2. The summed E-state index contributed by atoms with van der Waals surface area (Å²) < 4.78 is 39.9. The van der Waals surface area contributed by atoms with Crippen LogP contribution in [0.5, 0.6) is 5.75 Å². The molecule has 2 aliphatic rings. The molecule has 0 amide bonds. The van der Waals surface area contributed by atoms with Crippen LogP contribution in [-0.4, -0.2) is 70.1 Å². The van der Waals surface area contributed by atoms with Gasteiger partial charge in [0.15, 0.2) is 0 Å². The molecule has 0 unspecified atom stereocenters. The molecular weight excluding hydrogens is 318 g/mol. The summed E-state index contributed by atoms with van der Waals surface area (Å²) in [6, 6.07) is 7.32. The highest BCUT2D eigenvalue weighted by Gasteiger charge is 2.38. The van der Waals surface area contributed by atoms with Gasteiger partial charge in [0.25, 0.3) is 10.2 Å². The van der Waals surface area contributed by atoms with Crippen molar-refractivity contribution in [3.8, 4) is 5.75 Å². The lowest BCUT2D eigenvalue weighted by molar-refractivity contribution is 0.0685. The smallest absolute Gasteiger partial charge is 0.282 e. The van der Waals surface area contributed by atoms with Crippen LogP contribution in [0, 0.1) is 0 Å². The van der Waals surface area contributed by atoms with Gasteiger partial charge in [-0.3, -0.25) is 0 Å². The largest absolute Gasteiger partial charge is 0.496 e. The van der Waals surface area contributed by atoms with Crippen LogP contribution in [0.2, 0.25) is 0 Å². The Balaban J connectivity index is 1.92. The Labute approximate surface area is 137 Å². The van der Waals surface area contributed by atoms with Crippen LogP contribution in [0.25, 0.3) is 0 Å². The minimum Gasteiger partial charge on any atom is -0.496 e. The van der Waals surface area contributed by atoms with Crippen molar-refractivity contribution >= 4 is 10.2 Å². The van der Waals surface area contributed by atoms with E-state index in [0.29, 0.717) is 51.7 Å². The Bertz CT molecular complexity index is 631. The topological polar surface area (TPSA) is 71.1 Å². The third kappa shape index (κ3) is 3.36. The lowest BCUT2D eigenvalue weighted by atomic mass is 10.0. The minimum atomic E-state index is -3.52. The molecule has 7 nitrogen and oxygen atoms in total. The molecule has 1 aromatic rings. The molecule has 1 atom stereocenters. The molecule has 2 saturated heterocycles. The van der Waals surface area contributed by atoms with E-state index in [2.05, 4.69) is 5.32 Å². The van der Waals surface area contributed by atoms with Gasteiger partial charge in [-0.05, 0) is 6.07 Å². The lowest BCUT2D eigenvalue weighted by Gasteiger charge is -2.39. The van der Waals surface area contributed by atoms with Crippen molar-refractivity contribution in [3.05, 3.63) is 29.8 Å². The summed E-state index contributed by atoms with van der Waals surface area (Å²) in [4.78, 5) is 0. The molecule has 2 aliphatic heterocycles. The Morgan fingerprint density at radius 2 is 1.96 bits per heavy atom. The number of methoxy groups -OCH3 is 1. The number of hydrogen-bond acceptors (Lipinski definition) is 5. The summed E-state index contributed by atoms with van der Waals surface area (Å²) in [5.41, 5.74) is 0.888. The van der Waals surface area contributed by atoms with Crippen LogP contribution in [0.1, 0.15) is 11.6 Å². The number of benzene rings is 1. The van der Waals surface area contributed by atoms with Crippen LogP contribution in [0.3, 0.4) is 0 Å². The first-order valence-electron chi connectivity index (χ1n) is 7.83. The summed E-state index contributed by atoms with van der Waals surface area (Å²) in [5, 5.41) is 3.28. The van der Waals surface area contributed by atoms with Crippen molar-refractivity contribution in [1.29, 1.82) is 0 Å². The van der Waals surface area contributed by atoms with E-state index in [1.54, 1.807) is 11.4 Å². The second kappa shape index (κ2) is 7.14. The van der Waals surface area contributed by atoms with E-state index >= 15 is 0 Å². The molecule has 23 heavy (non-hydrogen) atoms. The van der Waals surface area contributed by atoms with Crippen molar-refractivity contribution in [2.75, 3.05) is 53.0 Å². The van der Waals surface area contributed by atoms with Gasteiger partial charge in [-0.1, -0.05) is 18.2 Å². The van der Waals surface area contributed by atoms with E-state index < -0.39 is 10.2 Å². The zero-order valence-corrected chi connectivity index (χ0v) is 14.1. The maximum Gasteiger partial charge on any atom is 0.282 e. The first-order valence-corrected chi connectivity index (χ1v) is 9.22. The molecular formula is C15H23N3O4S. The fraction of sp³-hybridized carbons (Fsp3) is 0.600. The highest BCUT2D eigenvalue weighted by atomic mass is 32.2. The maximum absolute atomic E-state index is 13.1. The molecule has 0 spiro atoms. The van der Waals surface area contributed by atoms with Gasteiger partial charge in [0.05, 0.1) is 26.4 Å². The maximum atomic E-state index is 13.1. The van der Waals surface area contributed by atoms with Gasteiger partial charge in [-0.2, -0.15) is 17.0 Å². The summed E-state index contributed by atoms with van der Waals surface area (Å²) >= 11 is 0. The lowest BCUT2D eigenvalue weighted by Crippen LogP contribution is -2.55. The van der Waals surface area contributed by atoms with Crippen LogP contribution in [0.4, 0.5) is 0 Å². The molecule has 0 bridgehead atoms. The third-order valence-corrected chi connectivity index (χ3v) is 6.33. The Morgan fingerprint density at radius 1 is 1.22 bits per heavy atom. The van der Waals surface area contributed by atoms with Crippen molar-refractivity contribution in [2.45, 2.75) is 6.04 Å². The van der Waals surface area contributed by atoms with Crippen molar-refractivity contribution < 1.29 is 17.9 Å². The summed E-state index contributed by atoms with van der Waals surface area (Å²) in [6.45, 7) is 3.38. The number of nitrogens with one attached hydrogen (secondary N) is 1. The predicted octanol–water partition coefficient (Wildman–Crippen LogP) is 0.219. The normalized spacial score (nSPS) is 24.5. The SMILES string of the molecule is COc1ccccc1[C@H]1CNCCN1S(=O)(=O)N1CCOCC1. The molecule has 0 aromatic heterocycles. The summed E-state index contributed by atoms with van der Waals surface area (Å²) in [5.74, 6) is 0.711. The second-order valence-corrected chi connectivity index (χ2v) is 7.47. The highest BCUT2D eigenvalue weighted by molar-refractivity contribution is 7.86. The third-order valence-electron chi connectivity index (χ3n) is 4.28. The quantitative estimate of drug-likeness (QED) is 0.848. The van der Waals surface area contributed by atoms with E-state index in [0.717, 1.165) is 5.56 Å². The van der Waals surface area contributed by atoms with Crippen LogP contribution < -0.4 is 10.1 Å². The van der Waals surface area contributed by atoms with Crippen LogP contribution in [0.15, 0.2) is 24.3 Å². The van der Waals surface area contributed by atoms with Crippen molar-refractivity contribution in [3.63, 3.8) is 0 Å². The van der Waals surface area contributed by atoms with Gasteiger partial charge >= 0.3 is 0 Å². The Morgan fingerprint density at radius 3 is 2.70 bits per heavy atom. The van der Waals surface area contributed by atoms with Gasteiger partial charge < -0.3 is 14.8 Å². The number of hydrogen-bond donors (Lipinski definition) is 1. The monoisotopic (exact) mass is 341 g/mol. The average Bonchev–Trinajstić information content (AvgIpc) is 2.62. The van der Waals surface area contributed by atoms with Gasteiger partial charge in [-0.25, -0.2) is 0 Å². The Kier molecular flexibility index (Phi) is 5.17. The first kappa shape index (κ1) is 16.7. The fourth-order valence-electron chi connectivity index (χ4n) is 3.09. The molecule has 0 aliphatic carbocycles. The molecule has 3 rings (SSSR count). The molecule has 8 heteroatoms. The highest BCUT2D eigenvalue weighted by Crippen LogP contribution is 2.32. The van der Waals surface area contributed by atoms with E-state index in [9.17, 15) is 8.42 Å². The van der Waals surface area contributed by atoms with E-state index in [-0.39, 0.29) is 6.04 Å². The fourth-order valence-corrected chi connectivity index (χ4v) is 4.83. The van der Waals surface area contributed by atoms with Crippen LogP contribution >= 0.6 is 0 Å². The van der Waals surface area contributed by atoms with Gasteiger partial charge in [0.1, 0.15) is 5.75 Å². The molecule has 128 valence electrons. The second-order valence-electron chi connectivity index (χ2n) is 5.59. The number of ether oxygens (including phenoxy) is 2. The van der Waals surface area contributed by atoms with Crippen molar-refractivity contribution in [1.82, 2.24) is 13.9 Å². The van der Waals surface area contributed by atoms with Gasteiger partial charge in [0.2, 0.25) is 0 Å². The average molecular weight is 341 g/mol. The predicted molar refractivity (Wildman–Crippen MR) is 86.6 cm³/mol. The summed E-state index contributed by atoms with van der Waals surface area (Å²) in [7, 11) is -1.91. The van der Waals surface area contributed by atoms with E-state index in [1.807, 2.05) is 24.3 Å². The standard InChI is InChI=1S/C15H23N3O4S/c1-21-15-5-3-2-4-13(15)14-12-16-6-7-18(14)23(19,20)17-8-10-22-11-9-17/h2-5,14,16H,6-12H2,1H3/t14-/m1/s1. The molecule has 1 N–H and O–H groups in total. The minimum absolute atomic E-state index is 0.271. The number of morpholine rings is 1. The summed E-state index contributed by atoms with van der Waals surface area (Å²) in [6.07, 6.45) is 0. The Hall–Kier alpha value is -1.19. The first-order chi connectivity index (χ1) is 11.1. The van der Waals surface area contributed by atoms with Gasteiger partial charge in [-0.15, -0.1) is 0 Å². The van der Waals surface area contributed by atoms with Crippen molar-refractivity contribution in [2.24, 2.45) is 0 Å².